The van der Waals surface area contributed by atoms with Gasteiger partial charge in [-0.15, -0.1) is 10.2 Å². The molecule has 2 atom stereocenters. The third-order valence-electron chi connectivity index (χ3n) is 5.30. The smallest absolute Gasteiger partial charge is 0.319 e. The van der Waals surface area contributed by atoms with E-state index in [1.165, 1.54) is 0 Å². The van der Waals surface area contributed by atoms with Crippen LogP contribution in [0.1, 0.15) is 23.2 Å². The highest BCUT2D eigenvalue weighted by Crippen LogP contribution is 2.29. The molecule has 2 aromatic heterocycles. The number of amides is 3. The molecule has 3 fully saturated rings. The maximum absolute atomic E-state index is 13.2. The number of hydrogen-bond donors (Lipinski definition) is 0. The first-order chi connectivity index (χ1) is 13.0. The lowest BCUT2D eigenvalue weighted by molar-refractivity contribution is 0.0585. The summed E-state index contributed by atoms with van der Waals surface area (Å²) in [7, 11) is 3.53. The Bertz CT molecular complexity index is 836. The fourth-order valence-electron chi connectivity index (χ4n) is 3.95. The number of urea groups is 1. The molecule has 2 bridgehead atoms. The molecule has 0 spiro atoms. The van der Waals surface area contributed by atoms with Gasteiger partial charge in [-0.1, -0.05) is 0 Å². The molecular weight excluding hydrogens is 346 g/mol. The molecule has 0 N–H and O–H groups in total. The van der Waals surface area contributed by atoms with Gasteiger partial charge in [-0.25, -0.2) is 9.78 Å². The largest absolute Gasteiger partial charge is 0.334 e. The second-order valence-corrected chi connectivity index (χ2v) is 7.41. The van der Waals surface area contributed by atoms with Gasteiger partial charge in [0.1, 0.15) is 18.5 Å². The lowest BCUT2D eigenvalue weighted by atomic mass is 9.94. The summed E-state index contributed by atoms with van der Waals surface area (Å²) in [6, 6.07) is 3.55. The average molecular weight is 369 g/mol. The lowest BCUT2D eigenvalue weighted by Crippen LogP contribution is -2.48. The second-order valence-electron chi connectivity index (χ2n) is 7.41. The van der Waals surface area contributed by atoms with Crippen LogP contribution in [-0.2, 0) is 0 Å². The minimum Gasteiger partial charge on any atom is -0.334 e. The molecule has 9 heteroatoms. The van der Waals surface area contributed by atoms with Crippen LogP contribution in [0.4, 0.5) is 4.79 Å². The molecule has 0 aromatic carbocycles. The fraction of sp³-hybridized carbons (Fsp3) is 0.500. The topological polar surface area (TPSA) is 87.5 Å². The van der Waals surface area contributed by atoms with Crippen LogP contribution in [0.2, 0.25) is 0 Å². The molecule has 9 nitrogen and oxygen atoms in total. The summed E-state index contributed by atoms with van der Waals surface area (Å²) >= 11 is 0. The van der Waals surface area contributed by atoms with Crippen LogP contribution in [0.25, 0.3) is 5.82 Å². The minimum atomic E-state index is -0.0134. The number of fused-ring (bicyclic) bond motifs is 4. The Hall–Kier alpha value is -2.97. The Kier molecular flexibility index (Phi) is 4.51. The van der Waals surface area contributed by atoms with Crippen LogP contribution in [0.15, 0.2) is 31.0 Å². The molecule has 3 aliphatic heterocycles. The molecule has 142 valence electrons. The SMILES string of the molecule is CN(C)C(=O)N1C[C@H]2CC[C@@H](C1)N(C(=O)c1ccnc(-n3cnnc3)c1)C2. The highest BCUT2D eigenvalue weighted by atomic mass is 16.2. The van der Waals surface area contributed by atoms with Crippen molar-refractivity contribution in [3.8, 4) is 5.82 Å². The number of carbonyl (C=O) groups excluding carboxylic acids is 2. The average Bonchev–Trinajstić information content (AvgIpc) is 3.07. The number of piperidine rings is 1. The maximum Gasteiger partial charge on any atom is 0.319 e. The minimum absolute atomic E-state index is 0.0134. The van der Waals surface area contributed by atoms with Gasteiger partial charge >= 0.3 is 6.03 Å². The molecule has 2 aromatic rings. The molecule has 0 unspecified atom stereocenters. The van der Waals surface area contributed by atoms with Crippen LogP contribution in [0.3, 0.4) is 0 Å². The molecule has 5 heterocycles. The summed E-state index contributed by atoms with van der Waals surface area (Å²) < 4.78 is 1.67. The number of aromatic nitrogens is 4. The van der Waals surface area contributed by atoms with E-state index in [-0.39, 0.29) is 18.0 Å². The lowest BCUT2D eigenvalue weighted by Gasteiger charge is -2.36. The Morgan fingerprint density at radius 1 is 1.11 bits per heavy atom. The van der Waals surface area contributed by atoms with Crippen molar-refractivity contribution in [2.45, 2.75) is 18.9 Å². The third kappa shape index (κ3) is 3.36. The van der Waals surface area contributed by atoms with Gasteiger partial charge in [0, 0.05) is 51.5 Å². The van der Waals surface area contributed by atoms with Crippen molar-refractivity contribution >= 4 is 11.9 Å². The molecular formula is C18H23N7O2. The van der Waals surface area contributed by atoms with E-state index in [4.69, 9.17) is 0 Å². The zero-order chi connectivity index (χ0) is 19.0. The molecule has 0 radical (unpaired) electrons. The molecule has 27 heavy (non-hydrogen) atoms. The molecule has 3 saturated heterocycles. The summed E-state index contributed by atoms with van der Waals surface area (Å²) in [5.74, 6) is 0.909. The number of pyridine rings is 1. The van der Waals surface area contributed by atoms with Crippen molar-refractivity contribution in [3.63, 3.8) is 0 Å². The summed E-state index contributed by atoms with van der Waals surface area (Å²) in [6.07, 6.45) is 6.70. The van der Waals surface area contributed by atoms with E-state index in [1.807, 2.05) is 9.80 Å². The van der Waals surface area contributed by atoms with E-state index < -0.39 is 0 Å². The fourth-order valence-corrected chi connectivity index (χ4v) is 3.95. The van der Waals surface area contributed by atoms with Gasteiger partial charge in [-0.3, -0.25) is 9.36 Å². The predicted octanol–water partition coefficient (Wildman–Crippen LogP) is 0.880. The number of hydrogen-bond acceptors (Lipinski definition) is 5. The van der Waals surface area contributed by atoms with E-state index in [9.17, 15) is 9.59 Å². The van der Waals surface area contributed by atoms with Crippen molar-refractivity contribution in [2.24, 2.45) is 5.92 Å². The summed E-state index contributed by atoms with van der Waals surface area (Å²) in [6.45, 7) is 1.98. The van der Waals surface area contributed by atoms with Gasteiger partial charge in [0.15, 0.2) is 0 Å². The highest BCUT2D eigenvalue weighted by molar-refractivity contribution is 5.95. The molecule has 5 rings (SSSR count). The molecule has 3 aliphatic rings. The van der Waals surface area contributed by atoms with Gasteiger partial charge in [0.25, 0.3) is 5.91 Å². The monoisotopic (exact) mass is 369 g/mol. The van der Waals surface area contributed by atoms with Crippen LogP contribution >= 0.6 is 0 Å². The van der Waals surface area contributed by atoms with E-state index in [2.05, 4.69) is 15.2 Å². The molecule has 3 amide bonds. The highest BCUT2D eigenvalue weighted by Gasteiger charge is 2.39. The van der Waals surface area contributed by atoms with Crippen molar-refractivity contribution < 1.29 is 9.59 Å². The van der Waals surface area contributed by atoms with Gasteiger partial charge in [-0.2, -0.15) is 0 Å². The predicted molar refractivity (Wildman–Crippen MR) is 97.4 cm³/mol. The first kappa shape index (κ1) is 17.4. The summed E-state index contributed by atoms with van der Waals surface area (Å²) in [4.78, 5) is 35.3. The van der Waals surface area contributed by atoms with Crippen molar-refractivity contribution in [2.75, 3.05) is 33.7 Å². The second kappa shape index (κ2) is 6.98. The Balaban J connectivity index is 1.56. The van der Waals surface area contributed by atoms with Gasteiger partial charge < -0.3 is 14.7 Å². The zero-order valence-electron chi connectivity index (χ0n) is 15.5. The Morgan fingerprint density at radius 2 is 1.89 bits per heavy atom. The standard InChI is InChI=1S/C18H23N7O2/c1-22(2)18(27)23-8-13-3-4-15(10-23)25(9-13)17(26)14-5-6-19-16(7-14)24-11-20-21-12-24/h5-7,11-13,15H,3-4,8-10H2,1-2H3/t13-,15+/m1/s1. The summed E-state index contributed by atoms with van der Waals surface area (Å²) in [5.41, 5.74) is 0.590. The van der Waals surface area contributed by atoms with Crippen LogP contribution in [0, 0.1) is 5.92 Å². The van der Waals surface area contributed by atoms with E-state index in [0.717, 1.165) is 12.8 Å². The van der Waals surface area contributed by atoms with Crippen molar-refractivity contribution in [1.82, 2.24) is 34.4 Å². The summed E-state index contributed by atoms with van der Waals surface area (Å²) in [5, 5.41) is 7.56. The first-order valence-electron chi connectivity index (χ1n) is 9.11. The van der Waals surface area contributed by atoms with Gasteiger partial charge in [0.2, 0.25) is 0 Å². The first-order valence-corrected chi connectivity index (χ1v) is 9.11. The van der Waals surface area contributed by atoms with Crippen LogP contribution in [-0.4, -0.2) is 86.2 Å². The van der Waals surface area contributed by atoms with E-state index in [0.29, 0.717) is 36.9 Å². The van der Waals surface area contributed by atoms with Gasteiger partial charge in [-0.05, 0) is 30.9 Å². The van der Waals surface area contributed by atoms with Crippen LogP contribution < -0.4 is 0 Å². The van der Waals surface area contributed by atoms with Gasteiger partial charge in [0.05, 0.1) is 0 Å². The van der Waals surface area contributed by atoms with E-state index in [1.54, 1.807) is 54.5 Å². The number of nitrogens with zero attached hydrogens (tertiary/aromatic N) is 7. The quantitative estimate of drug-likeness (QED) is 0.784. The molecule has 0 saturated carbocycles. The normalized spacial score (nSPS) is 21.9. The third-order valence-corrected chi connectivity index (χ3v) is 5.30. The van der Waals surface area contributed by atoms with Crippen molar-refractivity contribution in [3.05, 3.63) is 36.5 Å². The zero-order valence-corrected chi connectivity index (χ0v) is 15.5. The Morgan fingerprint density at radius 3 is 2.63 bits per heavy atom. The number of carbonyl (C=O) groups is 2. The Labute approximate surface area is 157 Å². The van der Waals surface area contributed by atoms with Crippen molar-refractivity contribution in [1.29, 1.82) is 0 Å². The van der Waals surface area contributed by atoms with E-state index >= 15 is 0 Å². The maximum atomic E-state index is 13.2. The number of rotatable bonds is 2. The molecule has 0 aliphatic carbocycles. The van der Waals surface area contributed by atoms with Crippen LogP contribution in [0.5, 0.6) is 0 Å².